The number of hydrogen-bond donors (Lipinski definition) is 1. The van der Waals surface area contributed by atoms with Gasteiger partial charge in [0.25, 0.3) is 5.69 Å². The van der Waals surface area contributed by atoms with E-state index in [0.717, 1.165) is 19.6 Å². The Labute approximate surface area is 119 Å². The molecule has 6 heteroatoms. The van der Waals surface area contributed by atoms with E-state index in [0.29, 0.717) is 17.4 Å². The Kier molecular flexibility index (Phi) is 4.89. The molecule has 0 aromatic carbocycles. The number of hydrogen-bond acceptors (Lipinski definition) is 5. The van der Waals surface area contributed by atoms with Gasteiger partial charge in [0.1, 0.15) is 12.0 Å². The van der Waals surface area contributed by atoms with E-state index in [1.807, 2.05) is 0 Å². The zero-order valence-corrected chi connectivity index (χ0v) is 12.1. The van der Waals surface area contributed by atoms with Crippen molar-refractivity contribution in [2.45, 2.75) is 39.2 Å². The van der Waals surface area contributed by atoms with Gasteiger partial charge in [0, 0.05) is 18.2 Å². The fourth-order valence-corrected chi connectivity index (χ4v) is 2.58. The number of pyridine rings is 1. The minimum absolute atomic E-state index is 0.0691. The lowest BCUT2D eigenvalue weighted by Gasteiger charge is -2.32. The first kappa shape index (κ1) is 14.7. The van der Waals surface area contributed by atoms with Gasteiger partial charge in [-0.25, -0.2) is 4.98 Å². The predicted octanol–water partition coefficient (Wildman–Crippen LogP) is 2.58. The number of nitrogens with one attached hydrogen (secondary N) is 1. The number of aromatic nitrogens is 1. The van der Waals surface area contributed by atoms with Gasteiger partial charge in [-0.3, -0.25) is 15.0 Å². The van der Waals surface area contributed by atoms with E-state index in [-0.39, 0.29) is 5.69 Å². The third-order valence-electron chi connectivity index (χ3n) is 3.87. The van der Waals surface area contributed by atoms with Crippen LogP contribution in [0.25, 0.3) is 0 Å². The number of piperidine rings is 1. The molecule has 1 aliphatic rings. The van der Waals surface area contributed by atoms with Gasteiger partial charge >= 0.3 is 0 Å². The summed E-state index contributed by atoms with van der Waals surface area (Å²) in [4.78, 5) is 16.9. The molecule has 1 N–H and O–H groups in total. The topological polar surface area (TPSA) is 71.3 Å². The minimum atomic E-state index is -0.400. The Hall–Kier alpha value is -1.69. The summed E-state index contributed by atoms with van der Waals surface area (Å²) in [6, 6.07) is 2.19. The third kappa shape index (κ3) is 3.66. The van der Waals surface area contributed by atoms with Crippen molar-refractivity contribution in [2.75, 3.05) is 25.0 Å². The molecule has 1 aromatic heterocycles. The molecule has 1 atom stereocenters. The summed E-state index contributed by atoms with van der Waals surface area (Å²) in [6.07, 6.45) is 5.21. The first-order valence-corrected chi connectivity index (χ1v) is 7.17. The van der Waals surface area contributed by atoms with Crippen LogP contribution in [0.3, 0.4) is 0 Å². The predicted molar refractivity (Wildman–Crippen MR) is 79.0 cm³/mol. The number of likely N-dealkylation sites (tertiary alicyclic amines) is 1. The molecular formula is C14H22N4O2. The van der Waals surface area contributed by atoms with Crippen molar-refractivity contribution >= 4 is 11.5 Å². The number of nitrogens with zero attached hydrogens (tertiary/aromatic N) is 3. The Morgan fingerprint density at radius 2 is 2.15 bits per heavy atom. The zero-order valence-electron chi connectivity index (χ0n) is 12.1. The molecule has 1 aromatic rings. The molecule has 2 heterocycles. The van der Waals surface area contributed by atoms with E-state index in [4.69, 9.17) is 0 Å². The van der Waals surface area contributed by atoms with Crippen molar-refractivity contribution in [3.8, 4) is 0 Å². The first-order valence-electron chi connectivity index (χ1n) is 7.17. The van der Waals surface area contributed by atoms with Crippen molar-refractivity contribution in [3.63, 3.8) is 0 Å². The molecule has 1 aliphatic heterocycles. The molecule has 1 fully saturated rings. The van der Waals surface area contributed by atoms with Crippen LogP contribution in [-0.4, -0.2) is 40.5 Å². The second kappa shape index (κ2) is 6.65. The number of nitro groups is 1. The summed E-state index contributed by atoms with van der Waals surface area (Å²) in [5.41, 5.74) is 0.706. The molecular weight excluding hydrogens is 256 g/mol. The molecule has 20 heavy (non-hydrogen) atoms. The quantitative estimate of drug-likeness (QED) is 0.662. The molecule has 110 valence electrons. The lowest BCUT2D eigenvalue weighted by atomic mass is 10.1. The van der Waals surface area contributed by atoms with Gasteiger partial charge in [-0.15, -0.1) is 0 Å². The standard InChI is InChI=1S/C14H22N4O2/c1-11-8-14(16-10-13(11)18(19)20)15-9-12(2)17-6-4-3-5-7-17/h8,10,12H,3-7,9H2,1-2H3,(H,15,16). The van der Waals surface area contributed by atoms with Crippen molar-refractivity contribution in [1.82, 2.24) is 9.88 Å². The van der Waals surface area contributed by atoms with Gasteiger partial charge in [-0.2, -0.15) is 0 Å². The van der Waals surface area contributed by atoms with Crippen molar-refractivity contribution in [1.29, 1.82) is 0 Å². The second-order valence-electron chi connectivity index (χ2n) is 5.44. The highest BCUT2D eigenvalue weighted by atomic mass is 16.6. The second-order valence-corrected chi connectivity index (χ2v) is 5.44. The van der Waals surface area contributed by atoms with Gasteiger partial charge in [-0.1, -0.05) is 6.42 Å². The normalized spacial score (nSPS) is 17.7. The lowest BCUT2D eigenvalue weighted by Crippen LogP contribution is -2.41. The minimum Gasteiger partial charge on any atom is -0.368 e. The Bertz CT molecular complexity index is 472. The van der Waals surface area contributed by atoms with Crippen LogP contribution in [0.4, 0.5) is 11.5 Å². The summed E-state index contributed by atoms with van der Waals surface area (Å²) in [5.74, 6) is 0.706. The molecule has 1 saturated heterocycles. The monoisotopic (exact) mass is 278 g/mol. The van der Waals surface area contributed by atoms with Crippen LogP contribution in [0.15, 0.2) is 12.3 Å². The largest absolute Gasteiger partial charge is 0.368 e. The maximum Gasteiger partial charge on any atom is 0.290 e. The third-order valence-corrected chi connectivity index (χ3v) is 3.87. The average molecular weight is 278 g/mol. The van der Waals surface area contributed by atoms with Crippen LogP contribution in [0.5, 0.6) is 0 Å². The maximum absolute atomic E-state index is 10.7. The molecule has 0 saturated carbocycles. The summed E-state index contributed by atoms with van der Waals surface area (Å²) in [6.45, 7) is 7.07. The van der Waals surface area contributed by atoms with E-state index < -0.39 is 4.92 Å². The van der Waals surface area contributed by atoms with Crippen LogP contribution < -0.4 is 5.32 Å². The number of rotatable bonds is 5. The van der Waals surface area contributed by atoms with E-state index in [1.165, 1.54) is 25.5 Å². The molecule has 0 aliphatic carbocycles. The first-order chi connectivity index (χ1) is 9.58. The summed E-state index contributed by atoms with van der Waals surface area (Å²) in [7, 11) is 0. The molecule has 2 rings (SSSR count). The molecule has 6 nitrogen and oxygen atoms in total. The van der Waals surface area contributed by atoms with Crippen LogP contribution in [0, 0.1) is 17.0 Å². The molecule has 1 unspecified atom stereocenters. The van der Waals surface area contributed by atoms with E-state index in [2.05, 4.69) is 22.1 Å². The fraction of sp³-hybridized carbons (Fsp3) is 0.643. The Morgan fingerprint density at radius 1 is 1.45 bits per heavy atom. The van der Waals surface area contributed by atoms with E-state index in [1.54, 1.807) is 13.0 Å². The Morgan fingerprint density at radius 3 is 2.75 bits per heavy atom. The Balaban J connectivity index is 1.90. The van der Waals surface area contributed by atoms with Gasteiger partial charge in [0.05, 0.1) is 4.92 Å². The van der Waals surface area contributed by atoms with Crippen LogP contribution in [0.1, 0.15) is 31.7 Å². The van der Waals surface area contributed by atoms with Crippen LogP contribution >= 0.6 is 0 Å². The van der Waals surface area contributed by atoms with Crippen molar-refractivity contribution in [3.05, 3.63) is 27.9 Å². The highest BCUT2D eigenvalue weighted by Gasteiger charge is 2.17. The smallest absolute Gasteiger partial charge is 0.290 e. The van der Waals surface area contributed by atoms with Crippen LogP contribution in [0.2, 0.25) is 0 Å². The summed E-state index contributed by atoms with van der Waals surface area (Å²) >= 11 is 0. The fourth-order valence-electron chi connectivity index (χ4n) is 2.58. The van der Waals surface area contributed by atoms with Crippen LogP contribution in [-0.2, 0) is 0 Å². The maximum atomic E-state index is 10.7. The van der Waals surface area contributed by atoms with Crippen molar-refractivity contribution < 1.29 is 4.92 Å². The van der Waals surface area contributed by atoms with Gasteiger partial charge in [-0.05, 0) is 45.8 Å². The highest BCUT2D eigenvalue weighted by molar-refractivity contribution is 5.46. The zero-order chi connectivity index (χ0) is 14.5. The summed E-state index contributed by atoms with van der Waals surface area (Å²) < 4.78 is 0. The average Bonchev–Trinajstić information content (AvgIpc) is 2.45. The highest BCUT2D eigenvalue weighted by Crippen LogP contribution is 2.19. The number of anilines is 1. The van der Waals surface area contributed by atoms with Gasteiger partial charge in [0.2, 0.25) is 0 Å². The van der Waals surface area contributed by atoms with Gasteiger partial charge in [0.15, 0.2) is 0 Å². The lowest BCUT2D eigenvalue weighted by molar-refractivity contribution is -0.385. The van der Waals surface area contributed by atoms with E-state index in [9.17, 15) is 10.1 Å². The molecule has 0 bridgehead atoms. The summed E-state index contributed by atoms with van der Waals surface area (Å²) in [5, 5.41) is 14.0. The SMILES string of the molecule is Cc1cc(NCC(C)N2CCCCC2)ncc1[N+](=O)[O-]. The molecule has 0 spiro atoms. The van der Waals surface area contributed by atoms with Crippen molar-refractivity contribution in [2.24, 2.45) is 0 Å². The number of aryl methyl sites for hydroxylation is 1. The van der Waals surface area contributed by atoms with Gasteiger partial charge < -0.3 is 5.32 Å². The van der Waals surface area contributed by atoms with E-state index >= 15 is 0 Å². The molecule has 0 radical (unpaired) electrons. The molecule has 0 amide bonds.